The predicted octanol–water partition coefficient (Wildman–Crippen LogP) is 1.24. The second-order valence-electron chi connectivity index (χ2n) is 5.09. The molecule has 0 amide bonds. The molecule has 2 rings (SSSR count). The molecule has 3 atom stereocenters. The van der Waals surface area contributed by atoms with Crippen LogP contribution in [0.2, 0.25) is 0 Å². The van der Waals surface area contributed by atoms with Crippen molar-refractivity contribution in [1.29, 1.82) is 0 Å². The van der Waals surface area contributed by atoms with Crippen LogP contribution in [-0.4, -0.2) is 33.6 Å². The van der Waals surface area contributed by atoms with E-state index in [0.29, 0.717) is 18.6 Å². The topological polar surface area (TPSA) is 67.1 Å². The Kier molecular flexibility index (Phi) is 4.63. The SMILES string of the molecule is CC1CCCC(C)N1NC(CN)c1ccncn1. The molecule has 1 aliphatic rings. The summed E-state index contributed by atoms with van der Waals surface area (Å²) in [5.74, 6) is 0. The summed E-state index contributed by atoms with van der Waals surface area (Å²) in [6.45, 7) is 5.05. The zero-order valence-electron chi connectivity index (χ0n) is 11.2. The Balaban J connectivity index is 2.05. The molecule has 1 saturated heterocycles. The van der Waals surface area contributed by atoms with Crippen molar-refractivity contribution in [3.05, 3.63) is 24.3 Å². The summed E-state index contributed by atoms with van der Waals surface area (Å²) in [6.07, 6.45) is 7.11. The van der Waals surface area contributed by atoms with Gasteiger partial charge in [-0.2, -0.15) is 0 Å². The number of rotatable bonds is 4. The van der Waals surface area contributed by atoms with E-state index < -0.39 is 0 Å². The second-order valence-corrected chi connectivity index (χ2v) is 5.09. The molecule has 100 valence electrons. The molecule has 5 nitrogen and oxygen atoms in total. The van der Waals surface area contributed by atoms with E-state index in [1.54, 1.807) is 12.5 Å². The van der Waals surface area contributed by atoms with Crippen LogP contribution in [0.1, 0.15) is 44.8 Å². The van der Waals surface area contributed by atoms with E-state index in [1.165, 1.54) is 19.3 Å². The quantitative estimate of drug-likeness (QED) is 0.840. The number of hydrazine groups is 1. The standard InChI is InChI=1S/C13H23N5/c1-10-4-3-5-11(2)18(10)17-13(8-14)12-6-7-15-9-16-12/h6-7,9-11,13,17H,3-5,8,14H2,1-2H3. The van der Waals surface area contributed by atoms with Crippen LogP contribution in [0.4, 0.5) is 0 Å². The number of hydrogen-bond acceptors (Lipinski definition) is 5. The predicted molar refractivity (Wildman–Crippen MR) is 71.6 cm³/mol. The molecular weight excluding hydrogens is 226 g/mol. The smallest absolute Gasteiger partial charge is 0.115 e. The highest BCUT2D eigenvalue weighted by Gasteiger charge is 2.27. The lowest BCUT2D eigenvalue weighted by Gasteiger charge is -2.41. The molecule has 5 heteroatoms. The first-order valence-electron chi connectivity index (χ1n) is 6.73. The molecule has 0 bridgehead atoms. The molecule has 0 radical (unpaired) electrons. The summed E-state index contributed by atoms with van der Waals surface area (Å²) in [7, 11) is 0. The lowest BCUT2D eigenvalue weighted by molar-refractivity contribution is 0.0298. The summed E-state index contributed by atoms with van der Waals surface area (Å²) >= 11 is 0. The van der Waals surface area contributed by atoms with Gasteiger partial charge in [-0.1, -0.05) is 6.42 Å². The van der Waals surface area contributed by atoms with Crippen molar-refractivity contribution in [1.82, 2.24) is 20.4 Å². The van der Waals surface area contributed by atoms with Crippen LogP contribution in [0.3, 0.4) is 0 Å². The van der Waals surface area contributed by atoms with Crippen molar-refractivity contribution >= 4 is 0 Å². The molecule has 3 N–H and O–H groups in total. The van der Waals surface area contributed by atoms with E-state index in [-0.39, 0.29) is 6.04 Å². The Morgan fingerprint density at radius 2 is 2.17 bits per heavy atom. The van der Waals surface area contributed by atoms with Crippen LogP contribution in [0.15, 0.2) is 18.6 Å². The number of nitrogens with one attached hydrogen (secondary N) is 1. The molecule has 3 unspecified atom stereocenters. The van der Waals surface area contributed by atoms with Crippen molar-refractivity contribution in [2.24, 2.45) is 5.73 Å². The van der Waals surface area contributed by atoms with E-state index in [4.69, 9.17) is 5.73 Å². The van der Waals surface area contributed by atoms with Gasteiger partial charge in [-0.3, -0.25) is 0 Å². The van der Waals surface area contributed by atoms with E-state index >= 15 is 0 Å². The van der Waals surface area contributed by atoms with Gasteiger partial charge in [-0.05, 0) is 32.8 Å². The molecule has 0 spiro atoms. The summed E-state index contributed by atoms with van der Waals surface area (Å²) < 4.78 is 0. The van der Waals surface area contributed by atoms with Crippen LogP contribution in [0.5, 0.6) is 0 Å². The summed E-state index contributed by atoms with van der Waals surface area (Å²) in [5.41, 5.74) is 10.4. The Labute approximate surface area is 109 Å². The van der Waals surface area contributed by atoms with Crippen LogP contribution in [0, 0.1) is 0 Å². The maximum atomic E-state index is 5.86. The van der Waals surface area contributed by atoms with Crippen molar-refractivity contribution in [3.8, 4) is 0 Å². The third-order valence-corrected chi connectivity index (χ3v) is 3.70. The molecule has 1 aromatic rings. The number of nitrogens with two attached hydrogens (primary N) is 1. The number of piperidine rings is 1. The normalized spacial score (nSPS) is 27.1. The van der Waals surface area contributed by atoms with E-state index in [1.807, 2.05) is 6.07 Å². The van der Waals surface area contributed by atoms with Gasteiger partial charge in [0.1, 0.15) is 6.33 Å². The average molecular weight is 249 g/mol. The van der Waals surface area contributed by atoms with Gasteiger partial charge in [0.25, 0.3) is 0 Å². The van der Waals surface area contributed by atoms with Crippen LogP contribution in [0.25, 0.3) is 0 Å². The highest BCUT2D eigenvalue weighted by atomic mass is 15.5. The van der Waals surface area contributed by atoms with Crippen LogP contribution < -0.4 is 11.2 Å². The average Bonchev–Trinajstić information content (AvgIpc) is 2.40. The maximum absolute atomic E-state index is 5.86. The Morgan fingerprint density at radius 1 is 1.44 bits per heavy atom. The fraction of sp³-hybridized carbons (Fsp3) is 0.692. The minimum absolute atomic E-state index is 0.0657. The summed E-state index contributed by atoms with van der Waals surface area (Å²) in [4.78, 5) is 8.23. The minimum Gasteiger partial charge on any atom is -0.328 e. The number of hydrogen-bond donors (Lipinski definition) is 2. The van der Waals surface area contributed by atoms with Crippen LogP contribution >= 0.6 is 0 Å². The van der Waals surface area contributed by atoms with Gasteiger partial charge in [0.15, 0.2) is 0 Å². The Morgan fingerprint density at radius 3 is 2.72 bits per heavy atom. The van der Waals surface area contributed by atoms with Gasteiger partial charge in [-0.25, -0.2) is 20.4 Å². The van der Waals surface area contributed by atoms with Crippen molar-refractivity contribution in [2.75, 3.05) is 6.54 Å². The third kappa shape index (κ3) is 3.04. The van der Waals surface area contributed by atoms with Gasteiger partial charge in [0.05, 0.1) is 11.7 Å². The lowest BCUT2D eigenvalue weighted by atomic mass is 9.99. The zero-order valence-corrected chi connectivity index (χ0v) is 11.2. The largest absolute Gasteiger partial charge is 0.328 e. The molecule has 1 aliphatic heterocycles. The van der Waals surface area contributed by atoms with E-state index in [0.717, 1.165) is 5.69 Å². The van der Waals surface area contributed by atoms with Gasteiger partial charge < -0.3 is 5.73 Å². The lowest BCUT2D eigenvalue weighted by Crippen LogP contribution is -2.54. The molecular formula is C13H23N5. The molecule has 2 heterocycles. The first-order valence-corrected chi connectivity index (χ1v) is 6.73. The summed E-state index contributed by atoms with van der Waals surface area (Å²) in [6, 6.07) is 3.08. The molecule has 1 fully saturated rings. The third-order valence-electron chi connectivity index (χ3n) is 3.70. The van der Waals surface area contributed by atoms with Crippen molar-refractivity contribution in [3.63, 3.8) is 0 Å². The van der Waals surface area contributed by atoms with E-state index in [2.05, 4.69) is 34.3 Å². The highest BCUT2D eigenvalue weighted by Crippen LogP contribution is 2.22. The monoisotopic (exact) mass is 249 g/mol. The van der Waals surface area contributed by atoms with Crippen molar-refractivity contribution in [2.45, 2.75) is 51.2 Å². The van der Waals surface area contributed by atoms with Gasteiger partial charge in [-0.15, -0.1) is 0 Å². The molecule has 0 saturated carbocycles. The molecule has 18 heavy (non-hydrogen) atoms. The number of nitrogens with zero attached hydrogens (tertiary/aromatic N) is 3. The Bertz CT molecular complexity index is 346. The maximum Gasteiger partial charge on any atom is 0.115 e. The number of aromatic nitrogens is 2. The molecule has 0 aliphatic carbocycles. The summed E-state index contributed by atoms with van der Waals surface area (Å²) in [5, 5.41) is 2.34. The zero-order chi connectivity index (χ0) is 13.0. The van der Waals surface area contributed by atoms with E-state index in [9.17, 15) is 0 Å². The minimum atomic E-state index is 0.0657. The van der Waals surface area contributed by atoms with Crippen LogP contribution in [-0.2, 0) is 0 Å². The Hall–Kier alpha value is -1.04. The van der Waals surface area contributed by atoms with Gasteiger partial charge in [0.2, 0.25) is 0 Å². The second kappa shape index (κ2) is 6.22. The van der Waals surface area contributed by atoms with Crippen molar-refractivity contribution < 1.29 is 0 Å². The van der Waals surface area contributed by atoms with Gasteiger partial charge in [0, 0.05) is 24.8 Å². The van der Waals surface area contributed by atoms with Gasteiger partial charge >= 0.3 is 0 Å². The molecule has 0 aromatic carbocycles. The first-order chi connectivity index (χ1) is 8.72. The molecule has 1 aromatic heterocycles. The highest BCUT2D eigenvalue weighted by molar-refractivity contribution is 5.05. The fourth-order valence-electron chi connectivity index (χ4n) is 2.60. The fourth-order valence-corrected chi connectivity index (χ4v) is 2.60. The first kappa shape index (κ1) is 13.4.